The minimum Gasteiger partial charge on any atom is -0.423 e. The minimum atomic E-state index is -0.558. The summed E-state index contributed by atoms with van der Waals surface area (Å²) in [6.07, 6.45) is 0.618. The van der Waals surface area contributed by atoms with Crippen molar-refractivity contribution in [2.45, 2.75) is 13.8 Å². The van der Waals surface area contributed by atoms with Gasteiger partial charge in [0.25, 0.3) is 0 Å². The van der Waals surface area contributed by atoms with Gasteiger partial charge in [0.15, 0.2) is 11.5 Å². The van der Waals surface area contributed by atoms with Crippen LogP contribution in [0.4, 0.5) is 0 Å². The molecule has 0 atom stereocenters. The number of aldehydes is 1. The summed E-state index contributed by atoms with van der Waals surface area (Å²) in [6, 6.07) is 2.87. The number of carbonyl (C=O) groups is 3. The molecule has 17 heavy (non-hydrogen) atoms. The van der Waals surface area contributed by atoms with Crippen LogP contribution in [0.3, 0.4) is 0 Å². The number of halogens is 1. The monoisotopic (exact) mass is 348 g/mol. The normalized spacial score (nSPS) is 9.59. The predicted molar refractivity (Wildman–Crippen MR) is 67.2 cm³/mol. The highest BCUT2D eigenvalue weighted by molar-refractivity contribution is 14.1. The number of carbonyl (C=O) groups excluding carboxylic acids is 3. The van der Waals surface area contributed by atoms with Gasteiger partial charge < -0.3 is 9.47 Å². The van der Waals surface area contributed by atoms with Gasteiger partial charge in [0.1, 0.15) is 6.29 Å². The molecule has 0 fully saturated rings. The van der Waals surface area contributed by atoms with E-state index in [9.17, 15) is 14.4 Å². The zero-order valence-corrected chi connectivity index (χ0v) is 11.3. The maximum atomic E-state index is 10.9. The number of hydrogen-bond donors (Lipinski definition) is 0. The summed E-state index contributed by atoms with van der Waals surface area (Å²) < 4.78 is 10.3. The Morgan fingerprint density at radius 1 is 1.18 bits per heavy atom. The van der Waals surface area contributed by atoms with E-state index >= 15 is 0 Å². The van der Waals surface area contributed by atoms with E-state index in [0.717, 1.165) is 0 Å². The van der Waals surface area contributed by atoms with Crippen molar-refractivity contribution in [2.75, 3.05) is 0 Å². The average Bonchev–Trinajstić information content (AvgIpc) is 2.21. The van der Waals surface area contributed by atoms with Gasteiger partial charge in [-0.1, -0.05) is 0 Å². The quantitative estimate of drug-likeness (QED) is 0.362. The maximum Gasteiger partial charge on any atom is 0.308 e. The van der Waals surface area contributed by atoms with Crippen molar-refractivity contribution in [1.82, 2.24) is 0 Å². The molecule has 1 aromatic rings. The molecule has 0 aliphatic rings. The highest BCUT2D eigenvalue weighted by Crippen LogP contribution is 2.34. The highest BCUT2D eigenvalue weighted by Gasteiger charge is 2.15. The fourth-order valence-corrected chi connectivity index (χ4v) is 1.87. The smallest absolute Gasteiger partial charge is 0.308 e. The molecule has 0 unspecified atom stereocenters. The molecular formula is C11H9IO5. The first-order valence-electron chi connectivity index (χ1n) is 4.59. The number of hydrogen-bond acceptors (Lipinski definition) is 5. The molecule has 0 aromatic heterocycles. The van der Waals surface area contributed by atoms with Crippen molar-refractivity contribution in [2.24, 2.45) is 0 Å². The van der Waals surface area contributed by atoms with Gasteiger partial charge in [-0.3, -0.25) is 14.4 Å². The lowest BCUT2D eigenvalue weighted by atomic mass is 10.2. The van der Waals surface area contributed by atoms with Gasteiger partial charge >= 0.3 is 11.9 Å². The zero-order valence-electron chi connectivity index (χ0n) is 9.15. The molecule has 0 amide bonds. The summed E-state index contributed by atoms with van der Waals surface area (Å²) >= 11 is 1.89. The van der Waals surface area contributed by atoms with Crippen molar-refractivity contribution in [3.05, 3.63) is 21.3 Å². The Morgan fingerprint density at radius 2 is 1.76 bits per heavy atom. The van der Waals surface area contributed by atoms with Crippen LogP contribution >= 0.6 is 22.6 Å². The maximum absolute atomic E-state index is 10.9. The summed E-state index contributed by atoms with van der Waals surface area (Å²) in [7, 11) is 0. The molecule has 0 saturated heterocycles. The Balaban J connectivity index is 3.27. The molecule has 6 heteroatoms. The Labute approximate surface area is 111 Å². The molecule has 0 saturated carbocycles. The van der Waals surface area contributed by atoms with Crippen LogP contribution < -0.4 is 9.47 Å². The second-order valence-electron chi connectivity index (χ2n) is 3.14. The number of benzene rings is 1. The first-order chi connectivity index (χ1) is 7.93. The van der Waals surface area contributed by atoms with Crippen molar-refractivity contribution in [3.8, 4) is 11.5 Å². The lowest BCUT2D eigenvalue weighted by Gasteiger charge is -2.10. The Bertz CT molecular complexity index is 481. The molecule has 0 bridgehead atoms. The fraction of sp³-hybridized carbons (Fsp3) is 0.182. The number of esters is 2. The first kappa shape index (κ1) is 13.6. The molecule has 0 radical (unpaired) electrons. The van der Waals surface area contributed by atoms with Gasteiger partial charge in [0.2, 0.25) is 0 Å². The second kappa shape index (κ2) is 5.76. The first-order valence-corrected chi connectivity index (χ1v) is 5.67. The topological polar surface area (TPSA) is 69.7 Å². The minimum absolute atomic E-state index is 0.0571. The zero-order chi connectivity index (χ0) is 13.0. The van der Waals surface area contributed by atoms with Crippen molar-refractivity contribution in [1.29, 1.82) is 0 Å². The van der Waals surface area contributed by atoms with Crippen LogP contribution in [0, 0.1) is 3.57 Å². The third kappa shape index (κ3) is 3.81. The van der Waals surface area contributed by atoms with Crippen molar-refractivity contribution in [3.63, 3.8) is 0 Å². The van der Waals surface area contributed by atoms with Gasteiger partial charge in [0, 0.05) is 19.4 Å². The second-order valence-corrected chi connectivity index (χ2v) is 4.30. The molecule has 5 nitrogen and oxygen atoms in total. The fourth-order valence-electron chi connectivity index (χ4n) is 1.13. The van der Waals surface area contributed by atoms with E-state index in [1.807, 2.05) is 22.6 Å². The van der Waals surface area contributed by atoms with Crippen LogP contribution in [0.5, 0.6) is 11.5 Å². The lowest BCUT2D eigenvalue weighted by molar-refractivity contribution is -0.134. The largest absolute Gasteiger partial charge is 0.423 e. The molecule has 1 aromatic carbocycles. The van der Waals surface area contributed by atoms with Crippen LogP contribution in [0.2, 0.25) is 0 Å². The Kier molecular flexibility index (Phi) is 4.62. The van der Waals surface area contributed by atoms with E-state index in [-0.39, 0.29) is 11.5 Å². The van der Waals surface area contributed by atoms with Gasteiger partial charge in [0.05, 0.1) is 3.57 Å². The van der Waals surface area contributed by atoms with Crippen LogP contribution in [0.25, 0.3) is 0 Å². The van der Waals surface area contributed by atoms with E-state index < -0.39 is 11.9 Å². The van der Waals surface area contributed by atoms with Gasteiger partial charge in [-0.25, -0.2) is 0 Å². The standard InChI is InChI=1S/C11H9IO5/c1-6(14)16-10-4-8(5-13)3-9(12)11(10)17-7(2)15/h3-5H,1-2H3. The van der Waals surface area contributed by atoms with E-state index in [1.165, 1.54) is 26.0 Å². The summed E-state index contributed by atoms with van der Waals surface area (Å²) in [6.45, 7) is 2.46. The lowest BCUT2D eigenvalue weighted by Crippen LogP contribution is -2.08. The summed E-state index contributed by atoms with van der Waals surface area (Å²) in [5.41, 5.74) is 0.335. The SMILES string of the molecule is CC(=O)Oc1cc(C=O)cc(I)c1OC(C)=O. The number of rotatable bonds is 3. The molecule has 0 N–H and O–H groups in total. The van der Waals surface area contributed by atoms with E-state index in [2.05, 4.69) is 0 Å². The molecule has 0 aliphatic carbocycles. The molecule has 0 heterocycles. The Morgan fingerprint density at radius 3 is 2.24 bits per heavy atom. The Hall–Kier alpha value is -1.44. The molecule has 90 valence electrons. The third-order valence-electron chi connectivity index (χ3n) is 1.67. The summed E-state index contributed by atoms with van der Waals surface area (Å²) in [4.78, 5) is 32.5. The third-order valence-corrected chi connectivity index (χ3v) is 2.47. The van der Waals surface area contributed by atoms with E-state index in [1.54, 1.807) is 0 Å². The van der Waals surface area contributed by atoms with E-state index in [0.29, 0.717) is 15.4 Å². The average molecular weight is 348 g/mol. The highest BCUT2D eigenvalue weighted by atomic mass is 127. The van der Waals surface area contributed by atoms with Crippen molar-refractivity contribution < 1.29 is 23.9 Å². The van der Waals surface area contributed by atoms with Crippen LogP contribution in [0.15, 0.2) is 12.1 Å². The number of ether oxygens (including phenoxy) is 2. The molecule has 0 aliphatic heterocycles. The van der Waals surface area contributed by atoms with Crippen LogP contribution in [0.1, 0.15) is 24.2 Å². The van der Waals surface area contributed by atoms with Crippen molar-refractivity contribution >= 4 is 40.8 Å². The summed E-state index contributed by atoms with van der Waals surface area (Å²) in [5.74, 6) is -0.895. The molecule has 1 rings (SSSR count). The van der Waals surface area contributed by atoms with Gasteiger partial charge in [-0.05, 0) is 34.7 Å². The van der Waals surface area contributed by atoms with Crippen LogP contribution in [-0.2, 0) is 9.59 Å². The molecular weight excluding hydrogens is 339 g/mol. The van der Waals surface area contributed by atoms with Gasteiger partial charge in [-0.2, -0.15) is 0 Å². The summed E-state index contributed by atoms with van der Waals surface area (Å²) in [5, 5.41) is 0. The van der Waals surface area contributed by atoms with Gasteiger partial charge in [-0.15, -0.1) is 0 Å². The molecule has 0 spiro atoms. The van der Waals surface area contributed by atoms with Crippen LogP contribution in [-0.4, -0.2) is 18.2 Å². The predicted octanol–water partition coefficient (Wildman–Crippen LogP) is 1.95. The van der Waals surface area contributed by atoms with E-state index in [4.69, 9.17) is 9.47 Å².